The minimum absolute atomic E-state index is 0.330. The van der Waals surface area contributed by atoms with Crippen LogP contribution in [0.25, 0.3) is 0 Å². The van der Waals surface area contributed by atoms with E-state index < -0.39 is 17.8 Å². The maximum atomic E-state index is 12.3. The maximum Gasteiger partial charge on any atom is 0.343 e. The van der Waals surface area contributed by atoms with Crippen LogP contribution in [0, 0.1) is 6.92 Å². The highest BCUT2D eigenvalue weighted by atomic mass is 79.9. The molecular formula is C23H18BrN3O4. The summed E-state index contributed by atoms with van der Waals surface area (Å²) in [7, 11) is 0. The zero-order valence-corrected chi connectivity index (χ0v) is 18.0. The number of carbonyl (C=O) groups excluding carboxylic acids is 3. The fourth-order valence-corrected chi connectivity index (χ4v) is 2.82. The van der Waals surface area contributed by atoms with E-state index in [4.69, 9.17) is 4.74 Å². The van der Waals surface area contributed by atoms with E-state index in [1.165, 1.54) is 6.21 Å². The molecule has 0 aliphatic carbocycles. The molecule has 0 unspecified atom stereocenters. The van der Waals surface area contributed by atoms with Crippen molar-refractivity contribution in [1.82, 2.24) is 5.43 Å². The Morgan fingerprint density at radius 1 is 0.935 bits per heavy atom. The third-order valence-corrected chi connectivity index (χ3v) is 4.65. The van der Waals surface area contributed by atoms with E-state index >= 15 is 0 Å². The third kappa shape index (κ3) is 6.35. The van der Waals surface area contributed by atoms with Crippen LogP contribution in [0.3, 0.4) is 0 Å². The topological polar surface area (TPSA) is 96.9 Å². The van der Waals surface area contributed by atoms with Gasteiger partial charge in [-0.2, -0.15) is 5.10 Å². The van der Waals surface area contributed by atoms with Crippen LogP contribution >= 0.6 is 15.9 Å². The zero-order chi connectivity index (χ0) is 22.2. The lowest BCUT2D eigenvalue weighted by atomic mass is 10.1. The summed E-state index contributed by atoms with van der Waals surface area (Å²) in [5, 5.41) is 6.24. The number of ether oxygens (including phenoxy) is 1. The molecule has 2 N–H and O–H groups in total. The predicted molar refractivity (Wildman–Crippen MR) is 121 cm³/mol. The molecule has 8 heteroatoms. The van der Waals surface area contributed by atoms with Gasteiger partial charge in [-0.05, 0) is 60.5 Å². The Balaban J connectivity index is 1.57. The van der Waals surface area contributed by atoms with E-state index in [1.807, 2.05) is 19.1 Å². The molecule has 3 rings (SSSR count). The molecule has 0 heterocycles. The minimum Gasteiger partial charge on any atom is -0.423 e. The van der Waals surface area contributed by atoms with Gasteiger partial charge in [0.05, 0.1) is 11.8 Å². The molecule has 0 aromatic heterocycles. The quantitative estimate of drug-likeness (QED) is 0.189. The summed E-state index contributed by atoms with van der Waals surface area (Å²) in [6.07, 6.45) is 1.34. The highest BCUT2D eigenvalue weighted by Crippen LogP contribution is 2.16. The molecule has 0 saturated heterocycles. The summed E-state index contributed by atoms with van der Waals surface area (Å²) in [4.78, 5) is 36.1. The van der Waals surface area contributed by atoms with Gasteiger partial charge in [0.1, 0.15) is 5.75 Å². The summed E-state index contributed by atoms with van der Waals surface area (Å²) >= 11 is 3.29. The van der Waals surface area contributed by atoms with Crippen molar-refractivity contribution in [2.45, 2.75) is 6.92 Å². The fraction of sp³-hybridized carbons (Fsp3) is 0.0435. The second kappa shape index (κ2) is 10.3. The number of hydrogen-bond acceptors (Lipinski definition) is 5. The number of carbonyl (C=O) groups is 3. The second-order valence-corrected chi connectivity index (χ2v) is 7.35. The van der Waals surface area contributed by atoms with Crippen molar-refractivity contribution >= 4 is 45.6 Å². The van der Waals surface area contributed by atoms with Gasteiger partial charge < -0.3 is 10.1 Å². The third-order valence-electron chi connectivity index (χ3n) is 4.12. The first kappa shape index (κ1) is 21.9. The Bertz CT molecular complexity index is 1140. The van der Waals surface area contributed by atoms with Crippen LogP contribution in [-0.2, 0) is 9.59 Å². The summed E-state index contributed by atoms with van der Waals surface area (Å²) < 4.78 is 6.26. The first-order valence-corrected chi connectivity index (χ1v) is 9.99. The number of esters is 1. The molecule has 0 saturated carbocycles. The predicted octanol–water partition coefficient (Wildman–Crippen LogP) is 4.07. The van der Waals surface area contributed by atoms with Crippen molar-refractivity contribution in [3.63, 3.8) is 0 Å². The monoisotopic (exact) mass is 479 g/mol. The maximum absolute atomic E-state index is 12.3. The molecule has 7 nitrogen and oxygen atoms in total. The number of benzene rings is 3. The average molecular weight is 480 g/mol. The molecule has 3 aromatic carbocycles. The van der Waals surface area contributed by atoms with Crippen LogP contribution in [0.4, 0.5) is 5.69 Å². The molecule has 156 valence electrons. The number of anilines is 1. The van der Waals surface area contributed by atoms with E-state index in [2.05, 4.69) is 31.8 Å². The highest BCUT2D eigenvalue weighted by Gasteiger charge is 2.13. The van der Waals surface area contributed by atoms with Gasteiger partial charge in [0.25, 0.3) is 0 Å². The molecule has 0 aliphatic rings. The summed E-state index contributed by atoms with van der Waals surface area (Å²) in [6.45, 7) is 1.83. The molecule has 3 aromatic rings. The van der Waals surface area contributed by atoms with Crippen LogP contribution in [-0.4, -0.2) is 24.0 Å². The van der Waals surface area contributed by atoms with Gasteiger partial charge in [-0.1, -0.05) is 46.3 Å². The van der Waals surface area contributed by atoms with Crippen LogP contribution in [0.15, 0.2) is 82.4 Å². The lowest BCUT2D eigenvalue weighted by Gasteiger charge is -2.07. The van der Waals surface area contributed by atoms with Crippen LogP contribution in [0.5, 0.6) is 5.75 Å². The first-order valence-electron chi connectivity index (χ1n) is 9.20. The lowest BCUT2D eigenvalue weighted by Crippen LogP contribution is -2.32. The molecule has 31 heavy (non-hydrogen) atoms. The zero-order valence-electron chi connectivity index (χ0n) is 16.5. The van der Waals surface area contributed by atoms with Crippen molar-refractivity contribution in [2.75, 3.05) is 5.32 Å². The summed E-state index contributed by atoms with van der Waals surface area (Å²) in [5.74, 6) is -1.90. The van der Waals surface area contributed by atoms with Gasteiger partial charge >= 0.3 is 17.8 Å². The fourth-order valence-electron chi connectivity index (χ4n) is 2.56. The number of hydrogen-bond donors (Lipinski definition) is 2. The van der Waals surface area contributed by atoms with Crippen LogP contribution < -0.4 is 15.5 Å². The number of halogens is 1. The van der Waals surface area contributed by atoms with Crippen molar-refractivity contribution in [3.8, 4) is 5.75 Å². The molecule has 0 atom stereocenters. The molecule has 0 fully saturated rings. The molecular weight excluding hydrogens is 462 g/mol. The standard InChI is InChI=1S/C23H18BrN3O4/c1-15-5-2-3-8-20(15)23(30)31-19-7-4-6-16(13-19)14-25-27-22(29)21(28)26-18-11-9-17(24)10-12-18/h2-14H,1H3,(H,26,28)(H,27,29)/b25-14+. The number of aryl methyl sites for hydroxylation is 1. The van der Waals surface area contributed by atoms with Crippen molar-refractivity contribution in [2.24, 2.45) is 5.10 Å². The second-order valence-electron chi connectivity index (χ2n) is 6.44. The molecule has 0 aliphatic heterocycles. The highest BCUT2D eigenvalue weighted by molar-refractivity contribution is 9.10. The van der Waals surface area contributed by atoms with Gasteiger partial charge in [0, 0.05) is 10.2 Å². The molecule has 0 radical (unpaired) electrons. The lowest BCUT2D eigenvalue weighted by molar-refractivity contribution is -0.136. The van der Waals surface area contributed by atoms with E-state index in [0.717, 1.165) is 10.0 Å². The Morgan fingerprint density at radius 2 is 1.68 bits per heavy atom. The SMILES string of the molecule is Cc1ccccc1C(=O)Oc1cccc(/C=N/NC(=O)C(=O)Nc2ccc(Br)cc2)c1. The smallest absolute Gasteiger partial charge is 0.343 e. The Hall–Kier alpha value is -3.78. The number of amides is 2. The van der Waals surface area contributed by atoms with Gasteiger partial charge in [0.15, 0.2) is 0 Å². The Kier molecular flexibility index (Phi) is 7.29. The number of hydrazone groups is 1. The van der Waals surface area contributed by atoms with Crippen molar-refractivity contribution in [3.05, 3.63) is 94.0 Å². The normalized spacial score (nSPS) is 10.5. The van der Waals surface area contributed by atoms with E-state index in [1.54, 1.807) is 60.7 Å². The van der Waals surface area contributed by atoms with Gasteiger partial charge in [0.2, 0.25) is 0 Å². The molecule has 2 amide bonds. The number of nitrogens with zero attached hydrogens (tertiary/aromatic N) is 1. The van der Waals surface area contributed by atoms with Gasteiger partial charge in [-0.15, -0.1) is 0 Å². The Labute approximate surface area is 187 Å². The van der Waals surface area contributed by atoms with Crippen molar-refractivity contribution in [1.29, 1.82) is 0 Å². The van der Waals surface area contributed by atoms with E-state index in [0.29, 0.717) is 22.6 Å². The first-order chi connectivity index (χ1) is 14.9. The van der Waals surface area contributed by atoms with E-state index in [-0.39, 0.29) is 0 Å². The molecule has 0 bridgehead atoms. The largest absolute Gasteiger partial charge is 0.423 e. The van der Waals surface area contributed by atoms with Crippen LogP contribution in [0.1, 0.15) is 21.5 Å². The molecule has 0 spiro atoms. The number of rotatable bonds is 5. The summed E-state index contributed by atoms with van der Waals surface area (Å²) in [5.41, 5.74) is 4.50. The van der Waals surface area contributed by atoms with Crippen LogP contribution in [0.2, 0.25) is 0 Å². The summed E-state index contributed by atoms with van der Waals surface area (Å²) in [6, 6.07) is 20.5. The average Bonchev–Trinajstić information content (AvgIpc) is 2.75. The van der Waals surface area contributed by atoms with Crippen molar-refractivity contribution < 1.29 is 19.1 Å². The van der Waals surface area contributed by atoms with Gasteiger partial charge in [-0.3, -0.25) is 9.59 Å². The minimum atomic E-state index is -0.915. The van der Waals surface area contributed by atoms with E-state index in [9.17, 15) is 14.4 Å². The number of nitrogens with one attached hydrogen (secondary N) is 2. The van der Waals surface area contributed by atoms with Gasteiger partial charge in [-0.25, -0.2) is 10.2 Å². The Morgan fingerprint density at radius 3 is 2.42 bits per heavy atom.